The van der Waals surface area contributed by atoms with Gasteiger partial charge in [0.15, 0.2) is 0 Å². The Morgan fingerprint density at radius 3 is 2.60 bits per heavy atom. The minimum atomic E-state index is -0.655. The van der Waals surface area contributed by atoms with Crippen molar-refractivity contribution in [2.45, 2.75) is 85.3 Å². The Kier molecular flexibility index (Phi) is 7.97. The van der Waals surface area contributed by atoms with Gasteiger partial charge in [-0.25, -0.2) is 14.2 Å². The van der Waals surface area contributed by atoms with Crippen LogP contribution in [0.3, 0.4) is 0 Å². The number of nitrogens with zero attached hydrogens (tertiary/aromatic N) is 4. The molecular formula is C31H40FN5O3. The maximum atomic E-state index is 13.5. The van der Waals surface area contributed by atoms with Crippen molar-refractivity contribution >= 4 is 6.09 Å². The molecule has 2 fully saturated rings. The van der Waals surface area contributed by atoms with E-state index in [0.717, 1.165) is 53.6 Å². The largest absolute Gasteiger partial charge is 0.444 e. The summed E-state index contributed by atoms with van der Waals surface area (Å²) in [6.45, 7) is 12.3. The van der Waals surface area contributed by atoms with Crippen LogP contribution in [-0.4, -0.2) is 44.3 Å². The lowest BCUT2D eigenvalue weighted by molar-refractivity contribution is -0.0385. The van der Waals surface area contributed by atoms with Crippen molar-refractivity contribution in [3.63, 3.8) is 0 Å². The highest BCUT2D eigenvalue weighted by molar-refractivity contribution is 5.68. The summed E-state index contributed by atoms with van der Waals surface area (Å²) in [5.41, 5.74) is 4.28. The van der Waals surface area contributed by atoms with Gasteiger partial charge in [-0.1, -0.05) is 19.1 Å². The van der Waals surface area contributed by atoms with Crippen molar-refractivity contribution in [1.29, 1.82) is 0 Å². The summed E-state index contributed by atoms with van der Waals surface area (Å²) in [5.74, 6) is 0.458. The fourth-order valence-corrected chi connectivity index (χ4v) is 5.10. The molecule has 1 saturated heterocycles. The molecule has 0 bridgehead atoms. The molecule has 214 valence electrons. The summed E-state index contributed by atoms with van der Waals surface area (Å²) in [5, 5.41) is 3.54. The number of rotatable bonds is 8. The smallest absolute Gasteiger partial charge is 0.411 e. The van der Waals surface area contributed by atoms with E-state index >= 15 is 0 Å². The van der Waals surface area contributed by atoms with Crippen LogP contribution >= 0.6 is 0 Å². The van der Waals surface area contributed by atoms with E-state index in [1.165, 1.54) is 25.0 Å². The Balaban J connectivity index is 1.40. The third-order valence-electron chi connectivity index (χ3n) is 7.48. The van der Waals surface area contributed by atoms with Gasteiger partial charge in [-0.15, -0.1) is 0 Å². The van der Waals surface area contributed by atoms with Gasteiger partial charge in [0.2, 0.25) is 0 Å². The number of benzene rings is 1. The Morgan fingerprint density at radius 2 is 1.98 bits per heavy atom. The number of nitrogens with one attached hydrogen (secondary N) is 1. The maximum Gasteiger partial charge on any atom is 0.411 e. The van der Waals surface area contributed by atoms with Crippen molar-refractivity contribution in [1.82, 2.24) is 24.8 Å². The quantitative estimate of drug-likeness (QED) is 0.390. The average Bonchev–Trinajstić information content (AvgIpc) is 3.54. The monoisotopic (exact) mass is 549 g/mol. The first-order chi connectivity index (χ1) is 19.0. The van der Waals surface area contributed by atoms with Crippen molar-refractivity contribution in [3.8, 4) is 0 Å². The molecular weight excluding hydrogens is 509 g/mol. The van der Waals surface area contributed by atoms with Crippen LogP contribution in [0.4, 0.5) is 9.18 Å². The molecule has 2 aromatic heterocycles. The maximum absolute atomic E-state index is 13.5. The van der Waals surface area contributed by atoms with Gasteiger partial charge >= 0.3 is 6.09 Å². The summed E-state index contributed by atoms with van der Waals surface area (Å²) in [7, 11) is 0. The van der Waals surface area contributed by atoms with Crippen LogP contribution in [0.5, 0.6) is 0 Å². The lowest BCUT2D eigenvalue weighted by Crippen LogP contribution is -2.39. The number of hydrogen-bond acceptors (Lipinski definition) is 6. The van der Waals surface area contributed by atoms with E-state index in [0.29, 0.717) is 12.0 Å². The highest BCUT2D eigenvalue weighted by Crippen LogP contribution is 2.48. The summed E-state index contributed by atoms with van der Waals surface area (Å²) >= 11 is 0. The molecule has 1 unspecified atom stereocenters. The second-order valence-electron chi connectivity index (χ2n) is 12.2. The van der Waals surface area contributed by atoms with Crippen LogP contribution in [0.1, 0.15) is 80.8 Å². The van der Waals surface area contributed by atoms with Crippen LogP contribution in [0.25, 0.3) is 0 Å². The Hall–Kier alpha value is -3.30. The molecule has 1 N–H and O–H groups in total. The molecule has 3 heterocycles. The highest BCUT2D eigenvalue weighted by Gasteiger charge is 2.46. The lowest BCUT2D eigenvalue weighted by Gasteiger charge is -2.31. The van der Waals surface area contributed by atoms with Crippen LogP contribution in [-0.2, 0) is 35.5 Å². The third-order valence-corrected chi connectivity index (χ3v) is 7.48. The zero-order chi connectivity index (χ0) is 28.5. The van der Waals surface area contributed by atoms with Crippen LogP contribution in [0.15, 0.2) is 42.6 Å². The molecule has 2 aliphatic rings. The van der Waals surface area contributed by atoms with E-state index in [1.807, 2.05) is 46.0 Å². The number of pyridine rings is 1. The first-order valence-electron chi connectivity index (χ1n) is 14.1. The molecule has 9 heteroatoms. The molecule has 1 saturated carbocycles. The number of hydrogen-bond donors (Lipinski definition) is 1. The Bertz CT molecular complexity index is 1330. The Morgan fingerprint density at radius 1 is 1.23 bits per heavy atom. The first-order valence-corrected chi connectivity index (χ1v) is 14.1. The van der Waals surface area contributed by atoms with Gasteiger partial charge in [0.05, 0.1) is 25.4 Å². The van der Waals surface area contributed by atoms with E-state index in [4.69, 9.17) is 14.5 Å². The van der Waals surface area contributed by atoms with E-state index in [2.05, 4.69) is 21.8 Å². The van der Waals surface area contributed by atoms with Gasteiger partial charge in [0.1, 0.15) is 23.5 Å². The van der Waals surface area contributed by atoms with E-state index < -0.39 is 11.7 Å². The number of carbonyl (C=O) groups is 1. The molecule has 1 spiro atoms. The fourth-order valence-electron chi connectivity index (χ4n) is 5.10. The zero-order valence-electron chi connectivity index (χ0n) is 24.2. The molecule has 1 aromatic carbocycles. The summed E-state index contributed by atoms with van der Waals surface area (Å²) in [4.78, 5) is 24.5. The highest BCUT2D eigenvalue weighted by atomic mass is 19.1. The van der Waals surface area contributed by atoms with Crippen molar-refractivity contribution in [2.75, 3.05) is 13.2 Å². The van der Waals surface area contributed by atoms with Gasteiger partial charge in [-0.05, 0) is 82.3 Å². The van der Waals surface area contributed by atoms with Crippen LogP contribution in [0, 0.1) is 18.2 Å². The van der Waals surface area contributed by atoms with E-state index in [-0.39, 0.29) is 25.1 Å². The van der Waals surface area contributed by atoms with Crippen molar-refractivity contribution in [2.24, 2.45) is 5.41 Å². The average molecular weight is 550 g/mol. The topological polar surface area (TPSA) is 81.5 Å². The number of imidazole rings is 1. The Labute approximate surface area is 235 Å². The van der Waals surface area contributed by atoms with Crippen LogP contribution in [0.2, 0.25) is 0 Å². The van der Waals surface area contributed by atoms with Gasteiger partial charge in [0, 0.05) is 36.1 Å². The molecule has 3 aromatic rings. The summed E-state index contributed by atoms with van der Waals surface area (Å²) in [6, 6.07) is 10.5. The number of ether oxygens (including phenoxy) is 2. The minimum Gasteiger partial charge on any atom is -0.444 e. The van der Waals surface area contributed by atoms with Crippen molar-refractivity contribution in [3.05, 3.63) is 82.4 Å². The standard InChI is InChI=1S/C31H40FN5O3/c1-6-26-15-33-27(37(26)16-22-7-9-24(32)10-8-22)18-36(29(38)40-30(3,4)5)17-25-14-23(13-21(2)35-25)28-34-19-31(11-12-31)20-39-28/h7-10,13-15,28,34H,6,11-12,16-20H2,1-5H3. The predicted octanol–water partition coefficient (Wildman–Crippen LogP) is 5.67. The SMILES string of the molecule is CCc1cnc(CN(Cc2cc(C3NCC4(CC4)CO3)cc(C)n2)C(=O)OC(C)(C)C)n1Cc1ccc(F)cc1. The normalized spacial score (nSPS) is 18.1. The molecule has 0 radical (unpaired) electrons. The molecule has 8 nitrogen and oxygen atoms in total. The molecule has 1 amide bonds. The van der Waals surface area contributed by atoms with E-state index in [1.54, 1.807) is 17.0 Å². The summed E-state index contributed by atoms with van der Waals surface area (Å²) in [6.07, 6.45) is 4.43. The molecule has 1 aliphatic carbocycles. The van der Waals surface area contributed by atoms with Crippen LogP contribution < -0.4 is 5.32 Å². The number of halogens is 1. The van der Waals surface area contributed by atoms with Gasteiger partial charge < -0.3 is 14.0 Å². The minimum absolute atomic E-state index is 0.191. The van der Waals surface area contributed by atoms with Gasteiger partial charge in [-0.3, -0.25) is 15.2 Å². The lowest BCUT2D eigenvalue weighted by atomic mass is 10.1. The first kappa shape index (κ1) is 28.2. The fraction of sp³-hybridized carbons (Fsp3) is 0.516. The summed E-state index contributed by atoms with van der Waals surface area (Å²) < 4.78 is 27.6. The number of aryl methyl sites for hydroxylation is 2. The second kappa shape index (κ2) is 11.3. The zero-order valence-corrected chi connectivity index (χ0v) is 24.2. The predicted molar refractivity (Wildman–Crippen MR) is 150 cm³/mol. The third kappa shape index (κ3) is 6.88. The molecule has 5 rings (SSSR count). The number of aromatic nitrogens is 3. The molecule has 40 heavy (non-hydrogen) atoms. The van der Waals surface area contributed by atoms with Gasteiger partial charge in [-0.2, -0.15) is 0 Å². The van der Waals surface area contributed by atoms with Gasteiger partial charge in [0.25, 0.3) is 0 Å². The number of carbonyl (C=O) groups excluding carboxylic acids is 1. The number of amides is 1. The second-order valence-corrected chi connectivity index (χ2v) is 12.2. The van der Waals surface area contributed by atoms with E-state index in [9.17, 15) is 9.18 Å². The molecule has 1 aliphatic heterocycles. The molecule has 1 atom stereocenters. The van der Waals surface area contributed by atoms with Crippen molar-refractivity contribution < 1.29 is 18.7 Å².